The number of nitrogens with one attached hydrogen (secondary N) is 1. The van der Waals surface area contributed by atoms with Crippen LogP contribution in [0.5, 0.6) is 0 Å². The van der Waals surface area contributed by atoms with Gasteiger partial charge in [0.15, 0.2) is 0 Å². The highest BCUT2D eigenvalue weighted by atomic mass is 16.2. The third-order valence-corrected chi connectivity index (χ3v) is 4.49. The topological polar surface area (TPSA) is 75.9 Å². The predicted octanol–water partition coefficient (Wildman–Crippen LogP) is 2.24. The Kier molecular flexibility index (Phi) is 4.35. The van der Waals surface area contributed by atoms with Gasteiger partial charge in [0.25, 0.3) is 0 Å². The Labute approximate surface area is 151 Å². The van der Waals surface area contributed by atoms with Crippen LogP contribution in [0.4, 0.5) is 4.79 Å². The van der Waals surface area contributed by atoms with Gasteiger partial charge in [-0.25, -0.2) is 19.4 Å². The van der Waals surface area contributed by atoms with E-state index in [1.807, 2.05) is 49.6 Å². The van der Waals surface area contributed by atoms with Gasteiger partial charge in [0.05, 0.1) is 17.9 Å². The molecule has 0 saturated carbocycles. The molecule has 0 bridgehead atoms. The summed E-state index contributed by atoms with van der Waals surface area (Å²) in [5.41, 5.74) is 4.12. The first-order chi connectivity index (χ1) is 12.7. The average Bonchev–Trinajstić information content (AvgIpc) is 3.21. The number of nitrogens with zero attached hydrogens (tertiary/aromatic N) is 5. The molecule has 0 atom stereocenters. The summed E-state index contributed by atoms with van der Waals surface area (Å²) in [7, 11) is 0. The smallest absolute Gasteiger partial charge is 0.317 e. The first kappa shape index (κ1) is 16.3. The number of benzene rings is 1. The molecule has 7 nitrogen and oxygen atoms in total. The molecule has 4 rings (SSSR count). The van der Waals surface area contributed by atoms with Gasteiger partial charge in [-0.1, -0.05) is 12.1 Å². The molecule has 2 aromatic heterocycles. The van der Waals surface area contributed by atoms with Crippen LogP contribution in [0.2, 0.25) is 0 Å². The van der Waals surface area contributed by atoms with Crippen molar-refractivity contribution < 1.29 is 4.79 Å². The minimum atomic E-state index is -0.0626. The molecule has 2 amide bonds. The minimum absolute atomic E-state index is 0.0626. The number of carbonyl (C=O) groups is 1. The van der Waals surface area contributed by atoms with E-state index >= 15 is 0 Å². The van der Waals surface area contributed by atoms with Crippen LogP contribution in [-0.2, 0) is 19.5 Å². The second kappa shape index (κ2) is 6.95. The fourth-order valence-corrected chi connectivity index (χ4v) is 3.07. The Bertz CT molecular complexity index is 904. The highest BCUT2D eigenvalue weighted by Gasteiger charge is 2.21. The van der Waals surface area contributed by atoms with Crippen molar-refractivity contribution in [2.45, 2.75) is 26.4 Å². The molecule has 3 heterocycles. The molecular weight excluding hydrogens is 328 g/mol. The van der Waals surface area contributed by atoms with Crippen molar-refractivity contribution >= 4 is 6.03 Å². The Hall–Kier alpha value is -3.22. The van der Waals surface area contributed by atoms with Crippen molar-refractivity contribution in [1.82, 2.24) is 30.0 Å². The molecule has 1 aliphatic rings. The molecule has 0 saturated heterocycles. The molecular formula is C19H20N6O. The maximum Gasteiger partial charge on any atom is 0.317 e. The van der Waals surface area contributed by atoms with Gasteiger partial charge in [0.1, 0.15) is 5.82 Å². The fraction of sp³-hybridized carbons (Fsp3) is 0.263. The summed E-state index contributed by atoms with van der Waals surface area (Å²) in [5.74, 6) is 0.778. The number of carbonyl (C=O) groups excluding carboxylic acids is 1. The quantitative estimate of drug-likeness (QED) is 0.788. The lowest BCUT2D eigenvalue weighted by Crippen LogP contribution is -2.42. The number of aromatic nitrogens is 4. The van der Waals surface area contributed by atoms with Crippen LogP contribution in [-0.4, -0.2) is 37.2 Å². The van der Waals surface area contributed by atoms with Crippen LogP contribution in [0.25, 0.3) is 5.69 Å². The molecule has 0 aliphatic carbocycles. The van der Waals surface area contributed by atoms with E-state index in [0.29, 0.717) is 19.6 Å². The summed E-state index contributed by atoms with van der Waals surface area (Å²) in [6.45, 7) is 3.61. The monoisotopic (exact) mass is 348 g/mol. The fourth-order valence-electron chi connectivity index (χ4n) is 3.07. The zero-order chi connectivity index (χ0) is 17.9. The molecule has 26 heavy (non-hydrogen) atoms. The Balaban J connectivity index is 1.35. The lowest BCUT2D eigenvalue weighted by molar-refractivity contribution is 0.191. The zero-order valence-electron chi connectivity index (χ0n) is 14.6. The Morgan fingerprint density at radius 1 is 1.27 bits per heavy atom. The molecule has 0 fully saturated rings. The standard InChI is InChI=1S/C19H20N6O/c1-14-20-12-16-13-24(10-7-18(16)23-14)19(26)21-11-15-3-5-17(6-4-15)25-9-2-8-22-25/h2-6,8-9,12H,7,10-11,13H2,1H3,(H,21,26). The molecule has 0 unspecified atom stereocenters. The second-order valence-electron chi connectivity index (χ2n) is 6.34. The number of aryl methyl sites for hydroxylation is 1. The van der Waals surface area contributed by atoms with Gasteiger partial charge in [0, 0.05) is 43.7 Å². The van der Waals surface area contributed by atoms with Crippen molar-refractivity contribution in [2.75, 3.05) is 6.54 Å². The second-order valence-corrected chi connectivity index (χ2v) is 6.34. The molecule has 132 valence electrons. The molecule has 1 aromatic carbocycles. The first-order valence-electron chi connectivity index (χ1n) is 8.62. The summed E-state index contributed by atoms with van der Waals surface area (Å²) in [5, 5.41) is 7.19. The van der Waals surface area contributed by atoms with Crippen LogP contribution < -0.4 is 5.32 Å². The van der Waals surface area contributed by atoms with Crippen LogP contribution in [0.15, 0.2) is 48.9 Å². The molecule has 3 aromatic rings. The maximum atomic E-state index is 12.5. The van der Waals surface area contributed by atoms with Crippen LogP contribution in [0.3, 0.4) is 0 Å². The zero-order valence-corrected chi connectivity index (χ0v) is 14.6. The average molecular weight is 348 g/mol. The number of urea groups is 1. The van der Waals surface area contributed by atoms with Crippen molar-refractivity contribution in [3.63, 3.8) is 0 Å². The van der Waals surface area contributed by atoms with Crippen molar-refractivity contribution in [1.29, 1.82) is 0 Å². The summed E-state index contributed by atoms with van der Waals surface area (Å²) in [6, 6.07) is 9.81. The number of rotatable bonds is 3. The third-order valence-electron chi connectivity index (χ3n) is 4.49. The van der Waals surface area contributed by atoms with Gasteiger partial charge in [-0.05, 0) is 30.7 Å². The molecule has 0 spiro atoms. The third kappa shape index (κ3) is 3.42. The molecule has 1 N–H and O–H groups in total. The number of fused-ring (bicyclic) bond motifs is 1. The highest BCUT2D eigenvalue weighted by Crippen LogP contribution is 2.16. The van der Waals surface area contributed by atoms with Gasteiger partial charge in [0.2, 0.25) is 0 Å². The molecule has 7 heteroatoms. The summed E-state index contributed by atoms with van der Waals surface area (Å²) in [4.78, 5) is 23.0. The van der Waals surface area contributed by atoms with Gasteiger partial charge >= 0.3 is 6.03 Å². The lowest BCUT2D eigenvalue weighted by Gasteiger charge is -2.28. The SMILES string of the molecule is Cc1ncc2c(n1)CCN(C(=O)NCc1ccc(-n3cccn3)cc1)C2. The Morgan fingerprint density at radius 3 is 2.88 bits per heavy atom. The normalized spacial score (nSPS) is 13.3. The predicted molar refractivity (Wildman–Crippen MR) is 96.7 cm³/mol. The lowest BCUT2D eigenvalue weighted by atomic mass is 10.1. The highest BCUT2D eigenvalue weighted by molar-refractivity contribution is 5.74. The summed E-state index contributed by atoms with van der Waals surface area (Å²) in [6.07, 6.45) is 6.24. The number of amides is 2. The molecule has 1 aliphatic heterocycles. The van der Waals surface area contributed by atoms with E-state index in [1.165, 1.54) is 0 Å². The summed E-state index contributed by atoms with van der Waals surface area (Å²) < 4.78 is 1.80. The molecule has 0 radical (unpaired) electrons. The van der Waals surface area contributed by atoms with E-state index in [2.05, 4.69) is 20.4 Å². The number of hydrogen-bond donors (Lipinski definition) is 1. The van der Waals surface area contributed by atoms with Crippen LogP contribution in [0.1, 0.15) is 22.6 Å². The van der Waals surface area contributed by atoms with E-state index in [4.69, 9.17) is 0 Å². The van der Waals surface area contributed by atoms with E-state index in [0.717, 1.165) is 34.8 Å². The maximum absolute atomic E-state index is 12.5. The first-order valence-corrected chi connectivity index (χ1v) is 8.62. The van der Waals surface area contributed by atoms with Gasteiger partial charge < -0.3 is 10.2 Å². The van der Waals surface area contributed by atoms with Crippen LogP contribution >= 0.6 is 0 Å². The van der Waals surface area contributed by atoms with Gasteiger partial charge in [-0.15, -0.1) is 0 Å². The van der Waals surface area contributed by atoms with Crippen molar-refractivity contribution in [2.24, 2.45) is 0 Å². The Morgan fingerprint density at radius 2 is 2.12 bits per heavy atom. The van der Waals surface area contributed by atoms with Gasteiger partial charge in [-0.2, -0.15) is 5.10 Å². The van der Waals surface area contributed by atoms with E-state index in [1.54, 1.807) is 15.8 Å². The van der Waals surface area contributed by atoms with E-state index < -0.39 is 0 Å². The number of hydrogen-bond acceptors (Lipinski definition) is 4. The van der Waals surface area contributed by atoms with E-state index in [-0.39, 0.29) is 6.03 Å². The summed E-state index contributed by atoms with van der Waals surface area (Å²) >= 11 is 0. The largest absolute Gasteiger partial charge is 0.334 e. The minimum Gasteiger partial charge on any atom is -0.334 e. The van der Waals surface area contributed by atoms with Crippen molar-refractivity contribution in [3.05, 3.63) is 71.6 Å². The van der Waals surface area contributed by atoms with Gasteiger partial charge in [-0.3, -0.25) is 0 Å². The van der Waals surface area contributed by atoms with Crippen LogP contribution in [0, 0.1) is 6.92 Å². The van der Waals surface area contributed by atoms with Crippen molar-refractivity contribution in [3.8, 4) is 5.69 Å². The van der Waals surface area contributed by atoms with E-state index in [9.17, 15) is 4.79 Å².